The second-order valence-corrected chi connectivity index (χ2v) is 9.31. The van der Waals surface area contributed by atoms with Gasteiger partial charge < -0.3 is 4.90 Å². The molecule has 1 aromatic rings. The predicted molar refractivity (Wildman–Crippen MR) is 80.5 cm³/mol. The Morgan fingerprint density at radius 1 is 1.58 bits per heavy atom. The number of carbonyl (C=O) groups is 1. The first kappa shape index (κ1) is 15.0. The van der Waals surface area contributed by atoms with E-state index in [0.717, 1.165) is 9.35 Å². The number of nitrogens with zero attached hydrogens (tertiary/aromatic N) is 1. The van der Waals surface area contributed by atoms with Gasteiger partial charge in [0, 0.05) is 12.6 Å². The second kappa shape index (κ2) is 5.54. The number of sulfone groups is 1. The van der Waals surface area contributed by atoms with Crippen molar-refractivity contribution in [2.24, 2.45) is 0 Å². The normalized spacial score (nSPS) is 21.5. The van der Waals surface area contributed by atoms with Gasteiger partial charge in [0.1, 0.15) is 0 Å². The van der Waals surface area contributed by atoms with E-state index >= 15 is 0 Å². The summed E-state index contributed by atoms with van der Waals surface area (Å²) in [7, 11) is -2.97. The van der Waals surface area contributed by atoms with E-state index in [0.29, 0.717) is 17.8 Å². The largest absolute Gasteiger partial charge is 0.334 e. The van der Waals surface area contributed by atoms with Gasteiger partial charge in [-0.25, -0.2) is 8.42 Å². The van der Waals surface area contributed by atoms with Crippen molar-refractivity contribution in [1.82, 2.24) is 4.90 Å². The molecule has 1 atom stereocenters. The molecule has 0 aliphatic carbocycles. The Balaban J connectivity index is 2.20. The van der Waals surface area contributed by atoms with Crippen molar-refractivity contribution < 1.29 is 13.2 Å². The fraction of sp³-hybridized carbons (Fsp3) is 0.583. The molecule has 0 N–H and O–H groups in total. The highest BCUT2D eigenvalue weighted by molar-refractivity contribution is 9.11. The average molecular weight is 366 g/mol. The van der Waals surface area contributed by atoms with Crippen LogP contribution in [0, 0.1) is 6.92 Å². The van der Waals surface area contributed by atoms with Crippen LogP contribution in [0.15, 0.2) is 9.85 Å². The van der Waals surface area contributed by atoms with Crippen molar-refractivity contribution in [2.45, 2.75) is 26.3 Å². The third-order valence-corrected chi connectivity index (χ3v) is 7.19. The summed E-state index contributed by atoms with van der Waals surface area (Å²) in [5.41, 5.74) is 1.03. The SMILES string of the molecule is CCN(C(=O)c1cc(C)c(Br)s1)C1CCS(=O)(=O)C1. The minimum absolute atomic E-state index is 0.0663. The molecule has 106 valence electrons. The van der Waals surface area contributed by atoms with Crippen LogP contribution in [0.1, 0.15) is 28.6 Å². The van der Waals surface area contributed by atoms with E-state index in [1.165, 1.54) is 11.3 Å². The monoisotopic (exact) mass is 365 g/mol. The maximum Gasteiger partial charge on any atom is 0.264 e. The van der Waals surface area contributed by atoms with Gasteiger partial charge in [0.25, 0.3) is 5.91 Å². The zero-order valence-corrected chi connectivity index (χ0v) is 14.1. The van der Waals surface area contributed by atoms with Crippen LogP contribution in [0.4, 0.5) is 0 Å². The minimum atomic E-state index is -2.97. The first-order valence-electron chi connectivity index (χ1n) is 6.11. The molecule has 1 fully saturated rings. The topological polar surface area (TPSA) is 54.5 Å². The molecule has 0 bridgehead atoms. The summed E-state index contributed by atoms with van der Waals surface area (Å²) in [6.07, 6.45) is 0.549. The summed E-state index contributed by atoms with van der Waals surface area (Å²) in [6.45, 7) is 4.36. The summed E-state index contributed by atoms with van der Waals surface area (Å²) >= 11 is 4.81. The van der Waals surface area contributed by atoms with Crippen LogP contribution in [0.5, 0.6) is 0 Å². The zero-order valence-electron chi connectivity index (χ0n) is 10.8. The molecule has 0 aromatic carbocycles. The van der Waals surface area contributed by atoms with Crippen molar-refractivity contribution in [1.29, 1.82) is 0 Å². The van der Waals surface area contributed by atoms with Gasteiger partial charge in [-0.15, -0.1) is 11.3 Å². The molecular weight excluding hydrogens is 350 g/mol. The van der Waals surface area contributed by atoms with Gasteiger partial charge in [-0.2, -0.15) is 0 Å². The van der Waals surface area contributed by atoms with Crippen LogP contribution < -0.4 is 0 Å². The number of thiophene rings is 1. The maximum atomic E-state index is 12.5. The van der Waals surface area contributed by atoms with Crippen LogP contribution >= 0.6 is 27.3 Å². The van der Waals surface area contributed by atoms with Crippen molar-refractivity contribution in [3.05, 3.63) is 20.3 Å². The summed E-state index contributed by atoms with van der Waals surface area (Å²) in [5, 5.41) is 0. The molecule has 2 heterocycles. The molecule has 4 nitrogen and oxygen atoms in total. The van der Waals surface area contributed by atoms with Crippen LogP contribution in [0.3, 0.4) is 0 Å². The van der Waals surface area contributed by atoms with E-state index in [1.54, 1.807) is 4.90 Å². The Morgan fingerprint density at radius 2 is 2.26 bits per heavy atom. The highest BCUT2D eigenvalue weighted by Gasteiger charge is 2.34. The van der Waals surface area contributed by atoms with Crippen LogP contribution in [0.2, 0.25) is 0 Å². The molecule has 1 saturated heterocycles. The Morgan fingerprint density at radius 3 is 2.68 bits per heavy atom. The third-order valence-electron chi connectivity index (χ3n) is 3.32. The van der Waals surface area contributed by atoms with Gasteiger partial charge in [-0.1, -0.05) is 0 Å². The lowest BCUT2D eigenvalue weighted by atomic mass is 10.2. The van der Waals surface area contributed by atoms with Crippen molar-refractivity contribution in [2.75, 3.05) is 18.1 Å². The fourth-order valence-corrected chi connectivity index (χ4v) is 5.52. The maximum absolute atomic E-state index is 12.5. The number of hydrogen-bond donors (Lipinski definition) is 0. The standard InChI is InChI=1S/C12H16BrNO3S2/c1-3-14(9-4-5-19(16,17)7-9)12(15)10-6-8(2)11(13)18-10/h6,9H,3-5,7H2,1-2H3. The van der Waals surface area contributed by atoms with Crippen LogP contribution in [-0.2, 0) is 9.84 Å². The lowest BCUT2D eigenvalue weighted by molar-refractivity contribution is 0.0713. The molecule has 1 unspecified atom stereocenters. The Kier molecular flexibility index (Phi) is 4.37. The number of aryl methyl sites for hydroxylation is 1. The molecular formula is C12H16BrNO3S2. The van der Waals surface area contributed by atoms with Gasteiger partial charge in [0.2, 0.25) is 0 Å². The quantitative estimate of drug-likeness (QED) is 0.826. The minimum Gasteiger partial charge on any atom is -0.334 e. The smallest absolute Gasteiger partial charge is 0.264 e. The molecule has 1 aliphatic heterocycles. The second-order valence-electron chi connectivity index (χ2n) is 4.72. The molecule has 1 aromatic heterocycles. The van der Waals surface area contributed by atoms with Gasteiger partial charge in [-0.05, 0) is 47.8 Å². The van der Waals surface area contributed by atoms with Crippen LogP contribution in [-0.4, -0.2) is 43.3 Å². The van der Waals surface area contributed by atoms with Crippen molar-refractivity contribution in [3.63, 3.8) is 0 Å². The van der Waals surface area contributed by atoms with Gasteiger partial charge in [0.05, 0.1) is 20.2 Å². The van der Waals surface area contributed by atoms with E-state index in [1.807, 2.05) is 19.9 Å². The third kappa shape index (κ3) is 3.20. The van der Waals surface area contributed by atoms with E-state index in [-0.39, 0.29) is 23.5 Å². The molecule has 1 aliphatic rings. The number of amides is 1. The Hall–Kier alpha value is -0.400. The molecule has 2 rings (SSSR count). The fourth-order valence-electron chi connectivity index (χ4n) is 2.30. The molecule has 0 radical (unpaired) electrons. The van der Waals surface area contributed by atoms with E-state index < -0.39 is 9.84 Å². The van der Waals surface area contributed by atoms with Crippen molar-refractivity contribution in [3.8, 4) is 0 Å². The van der Waals surface area contributed by atoms with E-state index in [2.05, 4.69) is 15.9 Å². The Bertz CT molecular complexity index is 575. The zero-order chi connectivity index (χ0) is 14.2. The van der Waals surface area contributed by atoms with E-state index in [9.17, 15) is 13.2 Å². The molecule has 1 amide bonds. The number of carbonyl (C=O) groups excluding carboxylic acids is 1. The van der Waals surface area contributed by atoms with Crippen molar-refractivity contribution >= 4 is 43.0 Å². The van der Waals surface area contributed by atoms with E-state index in [4.69, 9.17) is 0 Å². The number of rotatable bonds is 3. The molecule has 19 heavy (non-hydrogen) atoms. The van der Waals surface area contributed by atoms with Gasteiger partial charge >= 0.3 is 0 Å². The number of hydrogen-bond acceptors (Lipinski definition) is 4. The summed E-state index contributed by atoms with van der Waals surface area (Å²) < 4.78 is 24.0. The first-order chi connectivity index (χ1) is 8.84. The summed E-state index contributed by atoms with van der Waals surface area (Å²) in [4.78, 5) is 14.8. The van der Waals surface area contributed by atoms with Gasteiger partial charge in [-0.3, -0.25) is 4.79 Å². The number of halogens is 1. The lowest BCUT2D eigenvalue weighted by Crippen LogP contribution is -2.40. The van der Waals surface area contributed by atoms with Gasteiger partial charge in [0.15, 0.2) is 9.84 Å². The summed E-state index contributed by atoms with van der Waals surface area (Å²) in [5.74, 6) is 0.218. The Labute approximate surface area is 125 Å². The highest BCUT2D eigenvalue weighted by atomic mass is 79.9. The molecule has 0 spiro atoms. The molecule has 7 heteroatoms. The molecule has 0 saturated carbocycles. The first-order valence-corrected chi connectivity index (χ1v) is 9.54. The average Bonchev–Trinajstić information content (AvgIpc) is 2.84. The lowest BCUT2D eigenvalue weighted by Gasteiger charge is -2.26. The summed E-state index contributed by atoms with van der Waals surface area (Å²) in [6, 6.07) is 1.67. The highest BCUT2D eigenvalue weighted by Crippen LogP contribution is 2.29. The van der Waals surface area contributed by atoms with Crippen LogP contribution in [0.25, 0.3) is 0 Å². The predicted octanol–water partition coefficient (Wildman–Crippen LogP) is 2.47.